The molecule has 1 aromatic heterocycles. The summed E-state index contributed by atoms with van der Waals surface area (Å²) in [6.07, 6.45) is 0. The molecule has 0 unspecified atom stereocenters. The van der Waals surface area contributed by atoms with Crippen LogP contribution in [0.3, 0.4) is 0 Å². The number of alkyl halides is 2. The van der Waals surface area contributed by atoms with Gasteiger partial charge in [-0.25, -0.2) is 0 Å². The van der Waals surface area contributed by atoms with Gasteiger partial charge in [0.15, 0.2) is 4.34 Å². The molecule has 0 aliphatic rings. The van der Waals surface area contributed by atoms with Crippen molar-refractivity contribution in [3.05, 3.63) is 54.1 Å². The van der Waals surface area contributed by atoms with Crippen molar-refractivity contribution < 1.29 is 18.3 Å². The van der Waals surface area contributed by atoms with Gasteiger partial charge in [0.1, 0.15) is 5.75 Å². The molecule has 0 saturated heterocycles. The Morgan fingerprint density at radius 3 is 2.75 bits per heavy atom. The molecule has 0 aliphatic heterocycles. The number of thioether (sulfide) groups is 1. The van der Waals surface area contributed by atoms with Crippen LogP contribution in [0.25, 0.3) is 0 Å². The van der Waals surface area contributed by atoms with Gasteiger partial charge in [-0.2, -0.15) is 8.78 Å². The zero-order valence-electron chi connectivity index (χ0n) is 14.7. The summed E-state index contributed by atoms with van der Waals surface area (Å²) < 4.78 is 29.7. The monoisotopic (exact) mass is 422 g/mol. The largest absolute Gasteiger partial charge is 0.435 e. The molecule has 0 saturated carbocycles. The lowest BCUT2D eigenvalue weighted by Gasteiger charge is -2.06. The van der Waals surface area contributed by atoms with Crippen LogP contribution in [0.4, 0.5) is 25.3 Å². The molecule has 1 heterocycles. The number of carbonyl (C=O) groups excluding carboxylic acids is 1. The first kappa shape index (κ1) is 20.0. The predicted molar refractivity (Wildman–Crippen MR) is 107 cm³/mol. The van der Waals surface area contributed by atoms with E-state index in [0.717, 1.165) is 15.6 Å². The van der Waals surface area contributed by atoms with Crippen LogP contribution in [0.15, 0.2) is 52.9 Å². The molecular formula is C18H16F2N4O2S2. The summed E-state index contributed by atoms with van der Waals surface area (Å²) in [6, 6.07) is 13.8. The van der Waals surface area contributed by atoms with Crippen LogP contribution in [-0.4, -0.2) is 22.7 Å². The van der Waals surface area contributed by atoms with Gasteiger partial charge in [-0.15, -0.1) is 10.2 Å². The van der Waals surface area contributed by atoms with E-state index < -0.39 is 6.61 Å². The van der Waals surface area contributed by atoms with Gasteiger partial charge in [-0.3, -0.25) is 4.79 Å². The van der Waals surface area contributed by atoms with E-state index in [0.29, 0.717) is 16.6 Å². The molecule has 2 aromatic carbocycles. The fourth-order valence-electron chi connectivity index (χ4n) is 2.28. The second kappa shape index (κ2) is 9.47. The standard InChI is InChI=1S/C18H16F2N4O2S2/c1-11(25)21-13-5-3-6-14(9-13)22-17-23-24-18(28-17)27-10-12-4-2-7-15(8-12)26-16(19)20/h2-9,16H,10H2,1H3,(H,21,25)(H,22,23). The normalized spacial score (nSPS) is 10.7. The molecule has 28 heavy (non-hydrogen) atoms. The Bertz CT molecular complexity index is 953. The lowest BCUT2D eigenvalue weighted by Crippen LogP contribution is -2.05. The number of benzene rings is 2. The van der Waals surface area contributed by atoms with Crippen LogP contribution in [0.1, 0.15) is 12.5 Å². The van der Waals surface area contributed by atoms with E-state index in [-0.39, 0.29) is 11.7 Å². The Hall–Kier alpha value is -2.72. The molecule has 146 valence electrons. The zero-order valence-corrected chi connectivity index (χ0v) is 16.3. The third-order valence-electron chi connectivity index (χ3n) is 3.33. The number of hydrogen-bond acceptors (Lipinski definition) is 7. The Kier molecular flexibility index (Phi) is 6.77. The van der Waals surface area contributed by atoms with Crippen molar-refractivity contribution in [1.82, 2.24) is 10.2 Å². The Morgan fingerprint density at radius 2 is 1.96 bits per heavy atom. The number of anilines is 3. The minimum Gasteiger partial charge on any atom is -0.435 e. The van der Waals surface area contributed by atoms with E-state index >= 15 is 0 Å². The van der Waals surface area contributed by atoms with Gasteiger partial charge >= 0.3 is 6.61 Å². The van der Waals surface area contributed by atoms with Crippen molar-refractivity contribution in [2.24, 2.45) is 0 Å². The van der Waals surface area contributed by atoms with Crippen molar-refractivity contribution in [2.75, 3.05) is 10.6 Å². The zero-order chi connectivity index (χ0) is 19.9. The molecule has 0 fully saturated rings. The van der Waals surface area contributed by atoms with Gasteiger partial charge in [0, 0.05) is 24.1 Å². The van der Waals surface area contributed by atoms with Crippen LogP contribution in [0, 0.1) is 0 Å². The van der Waals surface area contributed by atoms with Gasteiger partial charge in [0.2, 0.25) is 11.0 Å². The summed E-state index contributed by atoms with van der Waals surface area (Å²) in [5, 5.41) is 14.7. The summed E-state index contributed by atoms with van der Waals surface area (Å²) in [4.78, 5) is 11.1. The molecule has 6 nitrogen and oxygen atoms in total. The van der Waals surface area contributed by atoms with Gasteiger partial charge in [-0.1, -0.05) is 41.3 Å². The first-order valence-electron chi connectivity index (χ1n) is 8.12. The average molecular weight is 422 g/mol. The third kappa shape index (κ3) is 6.17. The molecule has 0 bridgehead atoms. The number of carbonyl (C=O) groups is 1. The van der Waals surface area contributed by atoms with Crippen LogP contribution in [0.5, 0.6) is 5.75 Å². The highest BCUT2D eigenvalue weighted by atomic mass is 32.2. The van der Waals surface area contributed by atoms with Crippen LogP contribution < -0.4 is 15.4 Å². The summed E-state index contributed by atoms with van der Waals surface area (Å²) in [5.74, 6) is 0.536. The van der Waals surface area contributed by atoms with Crippen molar-refractivity contribution in [3.8, 4) is 5.75 Å². The molecule has 0 spiro atoms. The fourth-order valence-corrected chi connectivity index (χ4v) is 3.99. The first-order chi connectivity index (χ1) is 13.5. The van der Waals surface area contributed by atoms with Crippen LogP contribution in [-0.2, 0) is 10.5 Å². The van der Waals surface area contributed by atoms with Gasteiger partial charge in [0.05, 0.1) is 0 Å². The van der Waals surface area contributed by atoms with E-state index in [4.69, 9.17) is 0 Å². The second-order valence-electron chi connectivity index (χ2n) is 5.57. The number of nitrogens with one attached hydrogen (secondary N) is 2. The smallest absolute Gasteiger partial charge is 0.387 e. The number of nitrogens with zero attached hydrogens (tertiary/aromatic N) is 2. The summed E-state index contributed by atoms with van der Waals surface area (Å²) in [6.45, 7) is -1.40. The Morgan fingerprint density at radius 1 is 1.18 bits per heavy atom. The first-order valence-corrected chi connectivity index (χ1v) is 9.93. The Balaban J connectivity index is 1.58. The maximum atomic E-state index is 12.3. The summed E-state index contributed by atoms with van der Waals surface area (Å²) in [5.41, 5.74) is 2.30. The minimum atomic E-state index is -2.84. The maximum absolute atomic E-state index is 12.3. The number of rotatable bonds is 8. The highest BCUT2D eigenvalue weighted by molar-refractivity contribution is 8.00. The van der Waals surface area contributed by atoms with Crippen molar-refractivity contribution in [3.63, 3.8) is 0 Å². The number of aromatic nitrogens is 2. The molecule has 10 heteroatoms. The number of halogens is 2. The predicted octanol–water partition coefficient (Wildman–Crippen LogP) is 5.13. The number of hydrogen-bond donors (Lipinski definition) is 2. The second-order valence-corrected chi connectivity index (χ2v) is 7.77. The van der Waals surface area contributed by atoms with Crippen LogP contribution in [0.2, 0.25) is 0 Å². The van der Waals surface area contributed by atoms with Crippen molar-refractivity contribution >= 4 is 45.5 Å². The topological polar surface area (TPSA) is 76.1 Å². The molecule has 0 radical (unpaired) electrons. The number of amides is 1. The summed E-state index contributed by atoms with van der Waals surface area (Å²) >= 11 is 2.82. The highest BCUT2D eigenvalue weighted by Gasteiger charge is 2.08. The van der Waals surface area contributed by atoms with E-state index in [1.54, 1.807) is 24.3 Å². The van der Waals surface area contributed by atoms with Gasteiger partial charge in [0.25, 0.3) is 0 Å². The van der Waals surface area contributed by atoms with Crippen molar-refractivity contribution in [1.29, 1.82) is 0 Å². The van der Waals surface area contributed by atoms with E-state index in [2.05, 4.69) is 25.6 Å². The van der Waals surface area contributed by atoms with Gasteiger partial charge in [-0.05, 0) is 35.9 Å². The highest BCUT2D eigenvalue weighted by Crippen LogP contribution is 2.31. The van der Waals surface area contributed by atoms with Crippen molar-refractivity contribution in [2.45, 2.75) is 23.6 Å². The fraction of sp³-hybridized carbons (Fsp3) is 0.167. The van der Waals surface area contributed by atoms with Crippen LogP contribution >= 0.6 is 23.1 Å². The molecule has 0 aliphatic carbocycles. The van der Waals surface area contributed by atoms with E-state index in [1.165, 1.54) is 36.1 Å². The Labute approximate surface area is 168 Å². The molecule has 1 amide bonds. The molecule has 3 aromatic rings. The van der Waals surface area contributed by atoms with Gasteiger partial charge < -0.3 is 15.4 Å². The van der Waals surface area contributed by atoms with E-state index in [9.17, 15) is 13.6 Å². The average Bonchev–Trinajstić information content (AvgIpc) is 3.07. The molecular weight excluding hydrogens is 406 g/mol. The molecule has 2 N–H and O–H groups in total. The number of ether oxygens (including phenoxy) is 1. The molecule has 3 rings (SSSR count). The minimum absolute atomic E-state index is 0.131. The maximum Gasteiger partial charge on any atom is 0.387 e. The van der Waals surface area contributed by atoms with E-state index in [1.807, 2.05) is 18.2 Å². The summed E-state index contributed by atoms with van der Waals surface area (Å²) in [7, 11) is 0. The third-order valence-corrected chi connectivity index (χ3v) is 5.37. The quantitative estimate of drug-likeness (QED) is 0.490. The lowest BCUT2D eigenvalue weighted by atomic mass is 10.2. The molecule has 0 atom stereocenters. The SMILES string of the molecule is CC(=O)Nc1cccc(Nc2nnc(SCc3cccc(OC(F)F)c3)s2)c1. The lowest BCUT2D eigenvalue weighted by molar-refractivity contribution is -0.114.